The number of alkyl halides is 2. The third-order valence-electron chi connectivity index (χ3n) is 5.26. The number of thiazole rings is 1. The molecule has 7 nitrogen and oxygen atoms in total. The molecule has 0 aliphatic heterocycles. The maximum Gasteiger partial charge on any atom is 0.262 e. The second-order valence-electron chi connectivity index (χ2n) is 7.99. The number of imidazole rings is 1. The maximum atomic E-state index is 12.8. The van der Waals surface area contributed by atoms with E-state index >= 15 is 0 Å². The summed E-state index contributed by atoms with van der Waals surface area (Å²) in [5, 5.41) is 4.72. The molecule has 4 aromatic rings. The highest BCUT2D eigenvalue weighted by Crippen LogP contribution is 2.30. The van der Waals surface area contributed by atoms with Crippen molar-refractivity contribution in [2.75, 3.05) is 13.6 Å². The first-order chi connectivity index (χ1) is 16.1. The number of carbonyl (C=O) groups is 3. The van der Waals surface area contributed by atoms with Crippen molar-refractivity contribution in [3.05, 3.63) is 59.8 Å². The highest BCUT2D eigenvalue weighted by atomic mass is 32.1. The molecular formula is C24H23F3N4O3S. The van der Waals surface area contributed by atoms with E-state index in [9.17, 15) is 23.2 Å². The predicted octanol–water partition coefficient (Wildman–Crippen LogP) is 4.46. The minimum absolute atomic E-state index is 0. The molecule has 35 heavy (non-hydrogen) atoms. The van der Waals surface area contributed by atoms with Crippen LogP contribution in [-0.4, -0.2) is 46.5 Å². The summed E-state index contributed by atoms with van der Waals surface area (Å²) in [6.07, 6.45) is 1.69. The number of nitrogens with zero attached hydrogens (tertiary/aromatic N) is 2. The summed E-state index contributed by atoms with van der Waals surface area (Å²) < 4.78 is 28.5. The largest absolute Gasteiger partial charge is 0.355 e. The number of hydrogen-bond acceptors (Lipinski definition) is 5. The van der Waals surface area contributed by atoms with Crippen LogP contribution in [0, 0.1) is 0 Å². The van der Waals surface area contributed by atoms with E-state index in [0.29, 0.717) is 11.1 Å². The van der Waals surface area contributed by atoms with Crippen LogP contribution in [0.5, 0.6) is 0 Å². The van der Waals surface area contributed by atoms with Gasteiger partial charge in [0.1, 0.15) is 0 Å². The van der Waals surface area contributed by atoms with Crippen LogP contribution in [0.3, 0.4) is 0 Å². The Bertz CT molecular complexity index is 1390. The van der Waals surface area contributed by atoms with Crippen molar-refractivity contribution in [1.82, 2.24) is 20.0 Å². The number of carbonyl (C=O) groups excluding carboxylic acids is 3. The van der Waals surface area contributed by atoms with E-state index in [-0.39, 0.29) is 29.2 Å². The van der Waals surface area contributed by atoms with Gasteiger partial charge in [0, 0.05) is 49.7 Å². The first-order valence-corrected chi connectivity index (χ1v) is 11.4. The van der Waals surface area contributed by atoms with Gasteiger partial charge >= 0.3 is 0 Å². The van der Waals surface area contributed by atoms with Crippen molar-refractivity contribution in [3.8, 4) is 11.3 Å². The minimum Gasteiger partial charge on any atom is -0.355 e. The molecule has 0 radical (unpaired) electrons. The van der Waals surface area contributed by atoms with Crippen LogP contribution in [0.4, 0.5) is 13.5 Å². The van der Waals surface area contributed by atoms with Crippen molar-refractivity contribution in [2.45, 2.75) is 25.7 Å². The third-order valence-corrected chi connectivity index (χ3v) is 6.28. The molecule has 184 valence electrons. The molecule has 2 heterocycles. The van der Waals surface area contributed by atoms with Gasteiger partial charge in [-0.2, -0.15) is 0 Å². The summed E-state index contributed by atoms with van der Waals surface area (Å²) in [5.41, 5.74) is 3.55. The van der Waals surface area contributed by atoms with E-state index in [1.807, 2.05) is 28.8 Å². The first-order valence-electron chi connectivity index (χ1n) is 10.6. The summed E-state index contributed by atoms with van der Waals surface area (Å²) >= 11 is 1.43. The van der Waals surface area contributed by atoms with Gasteiger partial charge in [-0.3, -0.25) is 23.5 Å². The number of rotatable bonds is 8. The van der Waals surface area contributed by atoms with Gasteiger partial charge in [0.05, 0.1) is 22.5 Å². The Morgan fingerprint density at radius 1 is 1.06 bits per heavy atom. The fraction of sp³-hybridized carbons (Fsp3) is 0.250. The number of halogens is 3. The molecular weight excluding hydrogens is 481 g/mol. The molecule has 0 saturated carbocycles. The monoisotopic (exact) mass is 504 g/mol. The molecule has 0 fully saturated rings. The van der Waals surface area contributed by atoms with Crippen LogP contribution in [0.1, 0.15) is 40.5 Å². The van der Waals surface area contributed by atoms with E-state index in [2.05, 4.69) is 15.6 Å². The zero-order chi connectivity index (χ0) is 24.5. The Hall–Kier alpha value is -3.73. The van der Waals surface area contributed by atoms with Crippen molar-refractivity contribution in [3.63, 3.8) is 0 Å². The second kappa shape index (κ2) is 10.3. The standard InChI is InChI=1S/C24H22F2N4O3S.FH/c1-24(25,26)13-28-21(32)10-9-19(31)16-7-8-18-20(11-16)34-23-29-17(12-30(18)23)14-3-5-15(6-4-14)22(33)27-2;/h3-8,11-12H,9-10,13H2,1-2H3,(H,27,33)(H,28,32);1H. The number of nitrogens with one attached hydrogen (secondary N) is 2. The molecule has 0 saturated heterocycles. The third kappa shape index (κ3) is 5.86. The number of aromatic nitrogens is 2. The summed E-state index contributed by atoms with van der Waals surface area (Å²) in [5.74, 6) is -3.96. The molecule has 0 aliphatic rings. The van der Waals surface area contributed by atoms with Gasteiger partial charge in [0.2, 0.25) is 5.91 Å². The molecule has 2 aromatic carbocycles. The van der Waals surface area contributed by atoms with E-state index in [1.165, 1.54) is 11.3 Å². The summed E-state index contributed by atoms with van der Waals surface area (Å²) in [6, 6.07) is 12.4. The zero-order valence-corrected chi connectivity index (χ0v) is 19.7. The fourth-order valence-electron chi connectivity index (χ4n) is 3.46. The average Bonchev–Trinajstić information content (AvgIpc) is 3.38. The van der Waals surface area contributed by atoms with Crippen molar-refractivity contribution >= 4 is 44.1 Å². The van der Waals surface area contributed by atoms with Gasteiger partial charge in [-0.05, 0) is 30.3 Å². The molecule has 2 aromatic heterocycles. The van der Waals surface area contributed by atoms with Gasteiger partial charge in [0.15, 0.2) is 10.7 Å². The lowest BCUT2D eigenvalue weighted by molar-refractivity contribution is -0.122. The topological polar surface area (TPSA) is 92.6 Å². The predicted molar refractivity (Wildman–Crippen MR) is 129 cm³/mol. The lowest BCUT2D eigenvalue weighted by Gasteiger charge is -2.11. The number of hydrogen-bond donors (Lipinski definition) is 2. The number of fused-ring (bicyclic) bond motifs is 3. The molecule has 11 heteroatoms. The van der Waals surface area contributed by atoms with Gasteiger partial charge in [-0.1, -0.05) is 23.5 Å². The fourth-order valence-corrected chi connectivity index (χ4v) is 4.51. The molecule has 2 N–H and O–H groups in total. The Balaban J connectivity index is 0.00000342. The minimum atomic E-state index is -2.99. The summed E-state index contributed by atoms with van der Waals surface area (Å²) in [7, 11) is 1.58. The smallest absolute Gasteiger partial charge is 0.262 e. The number of benzene rings is 2. The van der Waals surface area contributed by atoms with Crippen LogP contribution in [-0.2, 0) is 4.79 Å². The number of Topliss-reactive ketones (excluding diaryl/α,β-unsaturated/α-hetero) is 1. The highest BCUT2D eigenvalue weighted by molar-refractivity contribution is 7.23. The molecule has 0 bridgehead atoms. The first kappa shape index (κ1) is 25.9. The van der Waals surface area contributed by atoms with E-state index < -0.39 is 18.4 Å². The van der Waals surface area contributed by atoms with Gasteiger partial charge in [0.25, 0.3) is 11.8 Å². The Labute approximate surface area is 202 Å². The van der Waals surface area contributed by atoms with Crippen molar-refractivity contribution in [1.29, 1.82) is 0 Å². The Morgan fingerprint density at radius 2 is 1.74 bits per heavy atom. The van der Waals surface area contributed by atoms with E-state index in [4.69, 9.17) is 0 Å². The molecule has 0 spiro atoms. The van der Waals surface area contributed by atoms with Crippen LogP contribution in [0.2, 0.25) is 0 Å². The van der Waals surface area contributed by atoms with Gasteiger partial charge < -0.3 is 10.6 Å². The summed E-state index contributed by atoms with van der Waals surface area (Å²) in [4.78, 5) is 41.4. The summed E-state index contributed by atoms with van der Waals surface area (Å²) in [6.45, 7) is -0.0291. The Morgan fingerprint density at radius 3 is 2.40 bits per heavy atom. The molecule has 4 rings (SSSR count). The normalized spacial score (nSPS) is 11.3. The van der Waals surface area contributed by atoms with Crippen LogP contribution in [0.25, 0.3) is 26.4 Å². The maximum absolute atomic E-state index is 12.8. The van der Waals surface area contributed by atoms with Crippen LogP contribution < -0.4 is 10.6 Å². The highest BCUT2D eigenvalue weighted by Gasteiger charge is 2.22. The Kier molecular flexibility index (Phi) is 7.59. The van der Waals surface area contributed by atoms with Crippen molar-refractivity contribution < 1.29 is 27.9 Å². The molecule has 0 aliphatic carbocycles. The van der Waals surface area contributed by atoms with Gasteiger partial charge in [-0.25, -0.2) is 13.8 Å². The van der Waals surface area contributed by atoms with E-state index in [0.717, 1.165) is 33.4 Å². The molecule has 2 amide bonds. The van der Waals surface area contributed by atoms with Crippen LogP contribution in [0.15, 0.2) is 48.7 Å². The number of ketones is 1. The van der Waals surface area contributed by atoms with Crippen molar-refractivity contribution in [2.24, 2.45) is 0 Å². The molecule has 0 atom stereocenters. The zero-order valence-electron chi connectivity index (χ0n) is 18.9. The van der Waals surface area contributed by atoms with E-state index in [1.54, 1.807) is 31.3 Å². The average molecular weight is 505 g/mol. The second-order valence-corrected chi connectivity index (χ2v) is 9.00. The number of amides is 2. The van der Waals surface area contributed by atoms with Gasteiger partial charge in [-0.15, -0.1) is 0 Å². The van der Waals surface area contributed by atoms with Crippen LogP contribution >= 0.6 is 11.3 Å². The molecule has 0 unspecified atom stereocenters. The SMILES string of the molecule is CNC(=O)c1ccc(-c2cn3c(n2)sc2cc(C(=O)CCC(=O)NCC(C)(F)F)ccc23)cc1.F. The lowest BCUT2D eigenvalue weighted by Crippen LogP contribution is -2.34. The quantitative estimate of drug-likeness (QED) is 0.347. The lowest BCUT2D eigenvalue weighted by atomic mass is 10.1.